The molecule has 0 aromatic heterocycles. The zero-order chi connectivity index (χ0) is 14.4. The molecule has 1 heterocycles. The fraction of sp³-hybridized carbons (Fsp3) is 0.929. The van der Waals surface area contributed by atoms with E-state index in [9.17, 15) is 4.79 Å². The van der Waals surface area contributed by atoms with Crippen LogP contribution in [0.5, 0.6) is 0 Å². The van der Waals surface area contributed by atoms with Crippen molar-refractivity contribution < 1.29 is 4.79 Å². The average molecular weight is 270 g/mol. The maximum Gasteiger partial charge on any atom is 0.239 e. The first-order valence-corrected chi connectivity index (χ1v) is 7.35. The van der Waals surface area contributed by atoms with E-state index in [0.717, 1.165) is 13.1 Å². The van der Waals surface area contributed by atoms with Crippen molar-refractivity contribution in [2.24, 2.45) is 5.73 Å². The van der Waals surface area contributed by atoms with Crippen molar-refractivity contribution in [1.29, 1.82) is 0 Å². The lowest BCUT2D eigenvalue weighted by atomic mass is 10.0. The summed E-state index contributed by atoms with van der Waals surface area (Å²) in [7, 11) is 6.18. The molecule has 1 rings (SSSR count). The van der Waals surface area contributed by atoms with Crippen molar-refractivity contribution in [1.82, 2.24) is 14.7 Å². The molecule has 0 aliphatic carbocycles. The number of likely N-dealkylation sites (N-methyl/N-ethyl adjacent to an activating group) is 2. The highest BCUT2D eigenvalue weighted by molar-refractivity contribution is 5.81. The predicted octanol–water partition coefficient (Wildman–Crippen LogP) is 0.208. The zero-order valence-corrected chi connectivity index (χ0v) is 12.9. The number of piperidine rings is 1. The number of nitrogens with zero attached hydrogens (tertiary/aromatic N) is 3. The van der Waals surface area contributed by atoms with Gasteiger partial charge in [0, 0.05) is 26.2 Å². The largest absolute Gasteiger partial charge is 0.343 e. The van der Waals surface area contributed by atoms with E-state index in [2.05, 4.69) is 23.9 Å². The lowest BCUT2D eigenvalue weighted by Crippen LogP contribution is -2.47. The normalized spacial score (nSPS) is 19.7. The molecule has 0 spiro atoms. The molecule has 0 bridgehead atoms. The molecule has 0 saturated carbocycles. The summed E-state index contributed by atoms with van der Waals surface area (Å²) in [5, 5.41) is 0. The van der Waals surface area contributed by atoms with Crippen molar-refractivity contribution in [2.45, 2.75) is 38.3 Å². The van der Waals surface area contributed by atoms with Gasteiger partial charge in [-0.25, -0.2) is 0 Å². The number of amides is 1. The Labute approximate surface area is 117 Å². The van der Waals surface area contributed by atoms with Crippen LogP contribution in [0.4, 0.5) is 0 Å². The molecule has 1 unspecified atom stereocenters. The minimum absolute atomic E-state index is 0.0549. The highest BCUT2D eigenvalue weighted by Gasteiger charge is 2.21. The molecule has 5 heteroatoms. The minimum atomic E-state index is -0.348. The van der Waals surface area contributed by atoms with Crippen LogP contribution in [-0.2, 0) is 4.79 Å². The van der Waals surface area contributed by atoms with Gasteiger partial charge in [-0.2, -0.15) is 0 Å². The van der Waals surface area contributed by atoms with Gasteiger partial charge in [-0.15, -0.1) is 0 Å². The van der Waals surface area contributed by atoms with Crippen LogP contribution < -0.4 is 5.73 Å². The predicted molar refractivity (Wildman–Crippen MR) is 79.1 cm³/mol. The maximum atomic E-state index is 11.9. The molecule has 0 radical (unpaired) electrons. The van der Waals surface area contributed by atoms with Gasteiger partial charge in [0.2, 0.25) is 5.91 Å². The van der Waals surface area contributed by atoms with Crippen LogP contribution in [0.15, 0.2) is 0 Å². The van der Waals surface area contributed by atoms with Crippen LogP contribution in [-0.4, -0.2) is 80.0 Å². The number of carbonyl (C=O) groups excluding carboxylic acids is 1. The molecule has 19 heavy (non-hydrogen) atoms. The topological polar surface area (TPSA) is 52.8 Å². The fourth-order valence-corrected chi connectivity index (χ4v) is 2.49. The molecule has 1 fully saturated rings. The van der Waals surface area contributed by atoms with Gasteiger partial charge in [-0.3, -0.25) is 4.79 Å². The first-order chi connectivity index (χ1) is 8.95. The first kappa shape index (κ1) is 16.4. The van der Waals surface area contributed by atoms with Gasteiger partial charge in [0.05, 0.1) is 6.04 Å². The quantitative estimate of drug-likeness (QED) is 0.749. The third kappa shape index (κ3) is 5.09. The Morgan fingerprint density at radius 2 is 1.89 bits per heavy atom. The molecular formula is C14H30N4O. The Hall–Kier alpha value is -0.650. The molecule has 1 aliphatic heterocycles. The summed E-state index contributed by atoms with van der Waals surface area (Å²) in [6.07, 6.45) is 3.15. The van der Waals surface area contributed by atoms with E-state index >= 15 is 0 Å². The summed E-state index contributed by atoms with van der Waals surface area (Å²) < 4.78 is 0. The molecule has 2 N–H and O–H groups in total. The fourth-order valence-electron chi connectivity index (χ4n) is 2.49. The summed E-state index contributed by atoms with van der Waals surface area (Å²) in [6.45, 7) is 5.97. The average Bonchev–Trinajstić information content (AvgIpc) is 2.43. The molecule has 0 aromatic rings. The highest BCUT2D eigenvalue weighted by Crippen LogP contribution is 2.13. The molecule has 1 atom stereocenters. The van der Waals surface area contributed by atoms with E-state index in [4.69, 9.17) is 5.73 Å². The number of likely N-dealkylation sites (tertiary alicyclic amines) is 1. The van der Waals surface area contributed by atoms with Crippen molar-refractivity contribution in [2.75, 3.05) is 47.3 Å². The molecular weight excluding hydrogens is 240 g/mol. The smallest absolute Gasteiger partial charge is 0.239 e. The summed E-state index contributed by atoms with van der Waals surface area (Å²) in [5.74, 6) is 0.0549. The Bertz CT molecular complexity index is 277. The van der Waals surface area contributed by atoms with Crippen LogP contribution in [0, 0.1) is 0 Å². The van der Waals surface area contributed by atoms with E-state index in [0.29, 0.717) is 12.5 Å². The Morgan fingerprint density at radius 3 is 2.42 bits per heavy atom. The number of hydrogen-bond acceptors (Lipinski definition) is 4. The third-order valence-corrected chi connectivity index (χ3v) is 4.23. The molecule has 0 aromatic carbocycles. The Morgan fingerprint density at radius 1 is 1.32 bits per heavy atom. The van der Waals surface area contributed by atoms with Crippen molar-refractivity contribution in [3.8, 4) is 0 Å². The Balaban J connectivity index is 2.29. The standard InChI is InChI=1S/C14H30N4O/c1-5-13(15)14(19)18(4)11-10-17(3)12-6-8-16(2)9-7-12/h12-13H,5-11,15H2,1-4H3. The summed E-state index contributed by atoms with van der Waals surface area (Å²) >= 11 is 0. The monoisotopic (exact) mass is 270 g/mol. The van der Waals surface area contributed by atoms with Gasteiger partial charge in [-0.05, 0) is 46.4 Å². The van der Waals surface area contributed by atoms with Gasteiger partial charge < -0.3 is 20.4 Å². The van der Waals surface area contributed by atoms with Crippen LogP contribution >= 0.6 is 0 Å². The van der Waals surface area contributed by atoms with E-state index < -0.39 is 0 Å². The zero-order valence-electron chi connectivity index (χ0n) is 12.9. The lowest BCUT2D eigenvalue weighted by Gasteiger charge is -2.36. The lowest BCUT2D eigenvalue weighted by molar-refractivity contribution is -0.131. The number of nitrogens with two attached hydrogens (primary N) is 1. The summed E-state index contributed by atoms with van der Waals surface area (Å²) in [6, 6.07) is 0.304. The molecule has 1 aliphatic rings. The SMILES string of the molecule is CCC(N)C(=O)N(C)CCN(C)C1CCN(C)CC1. The van der Waals surface area contributed by atoms with E-state index in [1.165, 1.54) is 25.9 Å². The van der Waals surface area contributed by atoms with Gasteiger partial charge in [-0.1, -0.05) is 6.92 Å². The molecule has 112 valence electrons. The van der Waals surface area contributed by atoms with Gasteiger partial charge in [0.15, 0.2) is 0 Å². The van der Waals surface area contributed by atoms with E-state index in [-0.39, 0.29) is 11.9 Å². The summed E-state index contributed by atoms with van der Waals surface area (Å²) in [4.78, 5) is 18.4. The van der Waals surface area contributed by atoms with E-state index in [1.807, 2.05) is 14.0 Å². The third-order valence-electron chi connectivity index (χ3n) is 4.23. The number of carbonyl (C=O) groups is 1. The van der Waals surface area contributed by atoms with Crippen LogP contribution in [0.1, 0.15) is 26.2 Å². The Kier molecular flexibility index (Phi) is 6.75. The minimum Gasteiger partial charge on any atom is -0.343 e. The van der Waals surface area contributed by atoms with Crippen LogP contribution in [0.25, 0.3) is 0 Å². The second-order valence-corrected chi connectivity index (χ2v) is 5.79. The van der Waals surface area contributed by atoms with Crippen molar-refractivity contribution in [3.05, 3.63) is 0 Å². The van der Waals surface area contributed by atoms with Crippen LogP contribution in [0.2, 0.25) is 0 Å². The second-order valence-electron chi connectivity index (χ2n) is 5.79. The molecule has 1 saturated heterocycles. The van der Waals surface area contributed by atoms with Crippen molar-refractivity contribution >= 4 is 5.91 Å². The number of rotatable bonds is 6. The second kappa shape index (κ2) is 7.82. The maximum absolute atomic E-state index is 11.9. The van der Waals surface area contributed by atoms with Crippen molar-refractivity contribution in [3.63, 3.8) is 0 Å². The summed E-state index contributed by atoms with van der Waals surface area (Å²) in [5.41, 5.74) is 5.77. The van der Waals surface area contributed by atoms with Gasteiger partial charge in [0.25, 0.3) is 0 Å². The highest BCUT2D eigenvalue weighted by atomic mass is 16.2. The van der Waals surface area contributed by atoms with Gasteiger partial charge >= 0.3 is 0 Å². The van der Waals surface area contributed by atoms with E-state index in [1.54, 1.807) is 4.90 Å². The number of hydrogen-bond donors (Lipinski definition) is 1. The molecule has 5 nitrogen and oxygen atoms in total. The first-order valence-electron chi connectivity index (χ1n) is 7.35. The molecule has 1 amide bonds. The van der Waals surface area contributed by atoms with Crippen LogP contribution in [0.3, 0.4) is 0 Å². The van der Waals surface area contributed by atoms with Gasteiger partial charge in [0.1, 0.15) is 0 Å².